The molecule has 18 heavy (non-hydrogen) atoms. The lowest BCUT2D eigenvalue weighted by Gasteiger charge is -2.03. The van der Waals surface area contributed by atoms with Gasteiger partial charge in [0.15, 0.2) is 0 Å². The molecule has 0 spiro atoms. The van der Waals surface area contributed by atoms with Crippen LogP contribution in [0.5, 0.6) is 0 Å². The predicted octanol–water partition coefficient (Wildman–Crippen LogP) is 2.19. The molecule has 0 atom stereocenters. The summed E-state index contributed by atoms with van der Waals surface area (Å²) in [4.78, 5) is 15.9. The molecule has 0 aliphatic heterocycles. The van der Waals surface area contributed by atoms with E-state index in [-0.39, 0.29) is 5.91 Å². The van der Waals surface area contributed by atoms with Gasteiger partial charge in [0.25, 0.3) is 5.91 Å². The molecule has 0 saturated carbocycles. The van der Waals surface area contributed by atoms with Gasteiger partial charge >= 0.3 is 0 Å². The van der Waals surface area contributed by atoms with E-state index in [1.165, 1.54) is 11.3 Å². The van der Waals surface area contributed by atoms with Crippen LogP contribution in [0.2, 0.25) is 5.02 Å². The second-order valence-electron chi connectivity index (χ2n) is 3.64. The Hall–Kier alpha value is -1.43. The van der Waals surface area contributed by atoms with Gasteiger partial charge in [-0.25, -0.2) is 4.98 Å². The first-order valence-electron chi connectivity index (χ1n) is 5.36. The van der Waals surface area contributed by atoms with Crippen LogP contribution in [0.15, 0.2) is 29.6 Å². The van der Waals surface area contributed by atoms with E-state index >= 15 is 0 Å². The Morgan fingerprint density at radius 2 is 2.33 bits per heavy atom. The third-order valence-corrected chi connectivity index (χ3v) is 3.41. The van der Waals surface area contributed by atoms with Crippen LogP contribution in [0.4, 0.5) is 0 Å². The molecule has 0 bridgehead atoms. The number of aromatic nitrogens is 1. The van der Waals surface area contributed by atoms with Crippen molar-refractivity contribution in [2.75, 3.05) is 0 Å². The number of nitrogens with two attached hydrogens (primary N) is 1. The first-order valence-corrected chi connectivity index (χ1v) is 6.62. The Morgan fingerprint density at radius 3 is 3.00 bits per heavy atom. The molecule has 6 heteroatoms. The Balaban J connectivity index is 1.96. The average Bonchev–Trinajstić information content (AvgIpc) is 2.85. The molecule has 1 aromatic heterocycles. The van der Waals surface area contributed by atoms with E-state index in [9.17, 15) is 4.79 Å². The minimum atomic E-state index is -0.203. The van der Waals surface area contributed by atoms with E-state index < -0.39 is 0 Å². The third kappa shape index (κ3) is 3.29. The summed E-state index contributed by atoms with van der Waals surface area (Å²) in [5.74, 6) is -0.203. The molecule has 4 nitrogen and oxygen atoms in total. The molecule has 2 rings (SSSR count). The summed E-state index contributed by atoms with van der Waals surface area (Å²) >= 11 is 7.25. The Labute approximate surface area is 114 Å². The molecule has 1 amide bonds. The van der Waals surface area contributed by atoms with Crippen LogP contribution in [0.25, 0.3) is 0 Å². The molecule has 0 fully saturated rings. The minimum absolute atomic E-state index is 0.203. The van der Waals surface area contributed by atoms with Gasteiger partial charge in [0.05, 0.1) is 0 Å². The van der Waals surface area contributed by atoms with E-state index in [0.29, 0.717) is 23.8 Å². The van der Waals surface area contributed by atoms with Crippen molar-refractivity contribution in [3.05, 3.63) is 50.9 Å². The molecular weight excluding hydrogens is 270 g/mol. The molecule has 0 radical (unpaired) electrons. The fourth-order valence-electron chi connectivity index (χ4n) is 1.43. The van der Waals surface area contributed by atoms with Gasteiger partial charge in [-0.1, -0.05) is 23.7 Å². The second-order valence-corrected chi connectivity index (χ2v) is 5.02. The first-order chi connectivity index (χ1) is 8.69. The van der Waals surface area contributed by atoms with Crippen LogP contribution in [-0.2, 0) is 13.1 Å². The van der Waals surface area contributed by atoms with Crippen molar-refractivity contribution in [1.29, 1.82) is 0 Å². The predicted molar refractivity (Wildman–Crippen MR) is 72.6 cm³/mol. The van der Waals surface area contributed by atoms with Crippen molar-refractivity contribution >= 4 is 28.8 Å². The number of hydrogen-bond donors (Lipinski definition) is 2. The summed E-state index contributed by atoms with van der Waals surface area (Å²) < 4.78 is 0. The highest BCUT2D eigenvalue weighted by Crippen LogP contribution is 2.11. The number of carbonyl (C=O) groups is 1. The summed E-state index contributed by atoms with van der Waals surface area (Å²) in [6.45, 7) is 0.779. The van der Waals surface area contributed by atoms with E-state index in [0.717, 1.165) is 10.6 Å². The van der Waals surface area contributed by atoms with Gasteiger partial charge in [0.1, 0.15) is 10.7 Å². The number of nitrogens with zero attached hydrogens (tertiary/aromatic N) is 1. The van der Waals surface area contributed by atoms with Crippen molar-refractivity contribution in [2.24, 2.45) is 5.73 Å². The van der Waals surface area contributed by atoms with Crippen LogP contribution in [0.1, 0.15) is 21.1 Å². The molecule has 0 unspecified atom stereocenters. The zero-order valence-electron chi connectivity index (χ0n) is 9.52. The van der Waals surface area contributed by atoms with Crippen molar-refractivity contribution in [3.63, 3.8) is 0 Å². The first kappa shape index (κ1) is 13.0. The number of rotatable bonds is 4. The molecule has 0 saturated heterocycles. The minimum Gasteiger partial charge on any atom is -0.347 e. The van der Waals surface area contributed by atoms with Crippen LogP contribution in [0.3, 0.4) is 0 Å². The van der Waals surface area contributed by atoms with E-state index in [4.69, 9.17) is 17.3 Å². The van der Waals surface area contributed by atoms with Gasteiger partial charge < -0.3 is 11.1 Å². The number of halogens is 1. The van der Waals surface area contributed by atoms with Gasteiger partial charge in [0, 0.05) is 23.5 Å². The average molecular weight is 282 g/mol. The molecule has 1 heterocycles. The monoisotopic (exact) mass is 281 g/mol. The van der Waals surface area contributed by atoms with Gasteiger partial charge in [-0.15, -0.1) is 11.3 Å². The molecular formula is C12H12ClN3OS. The Morgan fingerprint density at radius 1 is 1.50 bits per heavy atom. The number of carbonyl (C=O) groups excluding carboxylic acids is 1. The van der Waals surface area contributed by atoms with Gasteiger partial charge in [0.2, 0.25) is 0 Å². The number of thiazole rings is 1. The van der Waals surface area contributed by atoms with Crippen LogP contribution in [-0.4, -0.2) is 10.9 Å². The van der Waals surface area contributed by atoms with Gasteiger partial charge in [-0.05, 0) is 17.7 Å². The maximum Gasteiger partial charge on any atom is 0.271 e. The fraction of sp³-hybridized carbons (Fsp3) is 0.167. The molecule has 1 aromatic carbocycles. The quantitative estimate of drug-likeness (QED) is 0.903. The number of nitrogens with one attached hydrogen (secondary N) is 1. The van der Waals surface area contributed by atoms with Crippen molar-refractivity contribution < 1.29 is 4.79 Å². The van der Waals surface area contributed by atoms with Crippen molar-refractivity contribution in [1.82, 2.24) is 10.3 Å². The Bertz CT molecular complexity index is 556. The highest BCUT2D eigenvalue weighted by atomic mass is 35.5. The van der Waals surface area contributed by atoms with Gasteiger partial charge in [-0.2, -0.15) is 0 Å². The highest BCUT2D eigenvalue weighted by molar-refractivity contribution is 7.09. The van der Waals surface area contributed by atoms with Crippen LogP contribution < -0.4 is 11.1 Å². The lowest BCUT2D eigenvalue weighted by atomic mass is 10.2. The molecule has 2 aromatic rings. The van der Waals surface area contributed by atoms with Crippen LogP contribution in [0, 0.1) is 0 Å². The summed E-state index contributed by atoms with van der Waals surface area (Å²) in [6, 6.07) is 7.35. The summed E-state index contributed by atoms with van der Waals surface area (Å²) in [7, 11) is 0. The van der Waals surface area contributed by atoms with Gasteiger partial charge in [-0.3, -0.25) is 4.79 Å². The number of benzene rings is 1. The van der Waals surface area contributed by atoms with E-state index in [2.05, 4.69) is 10.3 Å². The van der Waals surface area contributed by atoms with E-state index in [1.807, 2.05) is 18.2 Å². The normalized spacial score (nSPS) is 10.3. The maximum absolute atomic E-state index is 11.8. The molecule has 0 aliphatic rings. The molecule has 3 N–H and O–H groups in total. The lowest BCUT2D eigenvalue weighted by Crippen LogP contribution is -2.23. The van der Waals surface area contributed by atoms with Crippen LogP contribution >= 0.6 is 22.9 Å². The zero-order chi connectivity index (χ0) is 13.0. The zero-order valence-corrected chi connectivity index (χ0v) is 11.1. The maximum atomic E-state index is 11.8. The summed E-state index contributed by atoms with van der Waals surface area (Å²) in [6.07, 6.45) is 0. The SMILES string of the molecule is NCc1nc(C(=O)NCc2cccc(Cl)c2)cs1. The topological polar surface area (TPSA) is 68.0 Å². The molecule has 94 valence electrons. The number of hydrogen-bond acceptors (Lipinski definition) is 4. The lowest BCUT2D eigenvalue weighted by molar-refractivity contribution is 0.0946. The highest BCUT2D eigenvalue weighted by Gasteiger charge is 2.09. The molecule has 0 aliphatic carbocycles. The standard InChI is InChI=1S/C12H12ClN3OS/c13-9-3-1-2-8(4-9)6-15-12(17)10-7-18-11(5-14)16-10/h1-4,7H,5-6,14H2,(H,15,17). The third-order valence-electron chi connectivity index (χ3n) is 2.30. The largest absolute Gasteiger partial charge is 0.347 e. The second kappa shape index (κ2) is 5.95. The van der Waals surface area contributed by atoms with Crippen molar-refractivity contribution in [3.8, 4) is 0 Å². The van der Waals surface area contributed by atoms with E-state index in [1.54, 1.807) is 11.4 Å². The summed E-state index contributed by atoms with van der Waals surface area (Å²) in [5, 5.41) is 5.90. The summed E-state index contributed by atoms with van der Waals surface area (Å²) in [5.41, 5.74) is 6.80. The fourth-order valence-corrected chi connectivity index (χ4v) is 2.30. The Kier molecular flexibility index (Phi) is 4.30. The number of amides is 1. The smallest absolute Gasteiger partial charge is 0.271 e. The van der Waals surface area contributed by atoms with Crippen molar-refractivity contribution in [2.45, 2.75) is 13.1 Å².